The van der Waals surface area contributed by atoms with Crippen LogP contribution < -0.4 is 14.8 Å². The van der Waals surface area contributed by atoms with Crippen molar-refractivity contribution < 1.29 is 19.0 Å². The highest BCUT2D eigenvalue weighted by atomic mass is 35.5. The summed E-state index contributed by atoms with van der Waals surface area (Å²) in [6.45, 7) is 4.15. The Bertz CT molecular complexity index is 587. The zero-order valence-corrected chi connectivity index (χ0v) is 16.9. The molecule has 1 aliphatic carbocycles. The van der Waals surface area contributed by atoms with Crippen LogP contribution in [0.25, 0.3) is 0 Å². The largest absolute Gasteiger partial charge is 0.493 e. The Labute approximate surface area is 167 Å². The quantitative estimate of drug-likeness (QED) is 0.765. The van der Waals surface area contributed by atoms with Crippen molar-refractivity contribution in [3.05, 3.63) is 24.3 Å². The molecule has 1 aromatic carbocycles. The summed E-state index contributed by atoms with van der Waals surface area (Å²) < 4.78 is 16.4. The van der Waals surface area contributed by atoms with Gasteiger partial charge in [0.2, 0.25) is 0 Å². The first-order chi connectivity index (χ1) is 12.7. The molecule has 0 bridgehead atoms. The van der Waals surface area contributed by atoms with Gasteiger partial charge in [0.1, 0.15) is 0 Å². The fourth-order valence-corrected chi connectivity index (χ4v) is 4.05. The van der Waals surface area contributed by atoms with E-state index in [9.17, 15) is 4.79 Å². The highest BCUT2D eigenvalue weighted by Crippen LogP contribution is 2.34. The minimum absolute atomic E-state index is 0. The van der Waals surface area contributed by atoms with Gasteiger partial charge in [-0.15, -0.1) is 12.4 Å². The Balaban J connectivity index is 0.00000261. The Hall–Kier alpha value is -1.50. The third-order valence-electron chi connectivity index (χ3n) is 5.51. The van der Waals surface area contributed by atoms with Gasteiger partial charge < -0.3 is 19.5 Å². The normalized spacial score (nSPS) is 19.6. The van der Waals surface area contributed by atoms with Gasteiger partial charge in [-0.25, -0.2) is 0 Å². The van der Waals surface area contributed by atoms with Crippen LogP contribution in [0, 0.1) is 0 Å². The number of rotatable bonds is 7. The molecule has 0 radical (unpaired) electrons. The molecule has 7 heteroatoms. The number of halogens is 1. The fraction of sp³-hybridized carbons (Fsp3) is 0.650. The zero-order chi connectivity index (χ0) is 18.2. The highest BCUT2D eigenvalue weighted by molar-refractivity contribution is 5.85. The molecule has 1 saturated heterocycles. The summed E-state index contributed by atoms with van der Waals surface area (Å²) in [6, 6.07) is 7.37. The molecule has 1 heterocycles. The number of ether oxygens (including phenoxy) is 3. The van der Waals surface area contributed by atoms with E-state index in [1.54, 1.807) is 7.11 Å². The number of amides is 1. The van der Waals surface area contributed by atoms with Gasteiger partial charge in [-0.1, -0.05) is 31.4 Å². The average molecular weight is 399 g/mol. The number of methoxy groups -OCH3 is 1. The van der Waals surface area contributed by atoms with Gasteiger partial charge in [0, 0.05) is 25.2 Å². The summed E-state index contributed by atoms with van der Waals surface area (Å²) in [6.07, 6.45) is 6.02. The van der Waals surface area contributed by atoms with Crippen molar-refractivity contribution in [1.82, 2.24) is 10.2 Å². The zero-order valence-electron chi connectivity index (χ0n) is 16.1. The van der Waals surface area contributed by atoms with Crippen LogP contribution in [0.15, 0.2) is 24.3 Å². The maximum Gasteiger partial charge on any atom is 0.258 e. The van der Waals surface area contributed by atoms with Gasteiger partial charge in [-0.05, 0) is 25.0 Å². The molecule has 6 nitrogen and oxygen atoms in total. The van der Waals surface area contributed by atoms with Crippen LogP contribution in [0.1, 0.15) is 32.1 Å². The van der Waals surface area contributed by atoms with Gasteiger partial charge in [-0.2, -0.15) is 0 Å². The minimum Gasteiger partial charge on any atom is -0.493 e. The van der Waals surface area contributed by atoms with Gasteiger partial charge in [-0.3, -0.25) is 9.69 Å². The molecule has 1 aliphatic heterocycles. The molecule has 1 N–H and O–H groups in total. The fourth-order valence-electron chi connectivity index (χ4n) is 4.05. The van der Waals surface area contributed by atoms with Crippen molar-refractivity contribution in [3.8, 4) is 11.5 Å². The first-order valence-electron chi connectivity index (χ1n) is 9.59. The molecular formula is C20H31ClN2O4. The van der Waals surface area contributed by atoms with Crippen LogP contribution in [0.4, 0.5) is 0 Å². The topological polar surface area (TPSA) is 60.0 Å². The molecule has 2 aliphatic rings. The summed E-state index contributed by atoms with van der Waals surface area (Å²) in [5.74, 6) is 1.14. The van der Waals surface area contributed by atoms with E-state index in [0.29, 0.717) is 18.0 Å². The first kappa shape index (κ1) is 21.8. The molecule has 2 fully saturated rings. The SMILES string of the molecule is COc1ccccc1OCC(=O)NCC1(N2CCOCC2)CCCCC1.Cl. The number of carbonyl (C=O) groups is 1. The number of hydrogen-bond donors (Lipinski definition) is 1. The molecule has 0 aromatic heterocycles. The Kier molecular flexibility index (Phi) is 8.67. The summed E-state index contributed by atoms with van der Waals surface area (Å²) in [4.78, 5) is 14.9. The molecular weight excluding hydrogens is 368 g/mol. The van der Waals surface area contributed by atoms with Gasteiger partial charge in [0.05, 0.1) is 20.3 Å². The van der Waals surface area contributed by atoms with Crippen LogP contribution in [0.5, 0.6) is 11.5 Å². The smallest absolute Gasteiger partial charge is 0.258 e. The summed E-state index contributed by atoms with van der Waals surface area (Å²) in [5.41, 5.74) is 0.0716. The lowest BCUT2D eigenvalue weighted by atomic mass is 9.79. The number of morpholine rings is 1. The van der Waals surface area contributed by atoms with Crippen LogP contribution in [0.2, 0.25) is 0 Å². The number of para-hydroxylation sites is 2. The predicted molar refractivity (Wildman–Crippen MR) is 107 cm³/mol. The van der Waals surface area contributed by atoms with Crippen molar-refractivity contribution in [1.29, 1.82) is 0 Å². The molecule has 152 valence electrons. The van der Waals surface area contributed by atoms with E-state index < -0.39 is 0 Å². The molecule has 27 heavy (non-hydrogen) atoms. The van der Waals surface area contributed by atoms with Gasteiger partial charge in [0.25, 0.3) is 5.91 Å². The van der Waals surface area contributed by atoms with Crippen molar-refractivity contribution in [2.75, 3.05) is 46.6 Å². The monoisotopic (exact) mass is 398 g/mol. The van der Waals surface area contributed by atoms with Crippen molar-refractivity contribution >= 4 is 18.3 Å². The molecule has 3 rings (SSSR count). The highest BCUT2D eigenvalue weighted by Gasteiger charge is 2.38. The van der Waals surface area contributed by atoms with E-state index in [1.165, 1.54) is 19.3 Å². The Morgan fingerprint density at radius 1 is 1.15 bits per heavy atom. The van der Waals surface area contributed by atoms with Crippen LogP contribution in [-0.2, 0) is 9.53 Å². The number of nitrogens with one attached hydrogen (secondary N) is 1. The lowest BCUT2D eigenvalue weighted by Gasteiger charge is -2.48. The standard InChI is InChI=1S/C20H30N2O4.ClH/c1-24-17-7-3-4-8-18(17)26-15-19(23)21-16-20(9-5-2-6-10-20)22-11-13-25-14-12-22;/h3-4,7-8H,2,5-6,9-16H2,1H3,(H,21,23);1H. The van der Waals surface area contributed by atoms with Crippen LogP contribution in [0.3, 0.4) is 0 Å². The van der Waals surface area contributed by atoms with E-state index >= 15 is 0 Å². The maximum absolute atomic E-state index is 12.4. The minimum atomic E-state index is -0.0888. The summed E-state index contributed by atoms with van der Waals surface area (Å²) in [7, 11) is 1.59. The molecule has 1 aromatic rings. The Morgan fingerprint density at radius 3 is 2.48 bits per heavy atom. The second kappa shape index (κ2) is 10.7. The third-order valence-corrected chi connectivity index (χ3v) is 5.51. The predicted octanol–water partition coefficient (Wildman–Crippen LogP) is 2.65. The summed E-state index contributed by atoms with van der Waals surface area (Å²) in [5, 5.41) is 3.11. The number of carbonyl (C=O) groups excluding carboxylic acids is 1. The van der Waals surface area contributed by atoms with E-state index in [2.05, 4.69) is 10.2 Å². The van der Waals surface area contributed by atoms with Gasteiger partial charge >= 0.3 is 0 Å². The number of benzene rings is 1. The van der Waals surface area contributed by atoms with E-state index in [0.717, 1.165) is 39.1 Å². The van der Waals surface area contributed by atoms with Gasteiger partial charge in [0.15, 0.2) is 18.1 Å². The lowest BCUT2D eigenvalue weighted by molar-refractivity contribution is -0.124. The third kappa shape index (κ3) is 5.74. The average Bonchev–Trinajstić information content (AvgIpc) is 2.72. The molecule has 1 saturated carbocycles. The summed E-state index contributed by atoms with van der Waals surface area (Å²) >= 11 is 0. The maximum atomic E-state index is 12.4. The van der Waals surface area contributed by atoms with E-state index in [4.69, 9.17) is 14.2 Å². The molecule has 1 amide bonds. The molecule has 0 unspecified atom stereocenters. The number of hydrogen-bond acceptors (Lipinski definition) is 5. The van der Waals surface area contributed by atoms with Crippen molar-refractivity contribution in [2.45, 2.75) is 37.6 Å². The Morgan fingerprint density at radius 2 is 1.81 bits per heavy atom. The van der Waals surface area contributed by atoms with Crippen molar-refractivity contribution in [2.24, 2.45) is 0 Å². The molecule has 0 atom stereocenters. The second-order valence-electron chi connectivity index (χ2n) is 7.10. The lowest BCUT2D eigenvalue weighted by Crippen LogP contribution is -2.60. The van der Waals surface area contributed by atoms with E-state index in [-0.39, 0.29) is 30.5 Å². The van der Waals surface area contributed by atoms with Crippen molar-refractivity contribution in [3.63, 3.8) is 0 Å². The molecule has 0 spiro atoms. The van der Waals surface area contributed by atoms with E-state index in [1.807, 2.05) is 24.3 Å². The van der Waals surface area contributed by atoms with Crippen LogP contribution >= 0.6 is 12.4 Å². The number of nitrogens with zero attached hydrogens (tertiary/aromatic N) is 1. The second-order valence-corrected chi connectivity index (χ2v) is 7.10. The first-order valence-corrected chi connectivity index (χ1v) is 9.59. The van der Waals surface area contributed by atoms with Crippen LogP contribution in [-0.4, -0.2) is 62.9 Å².